The topological polar surface area (TPSA) is 60.9 Å². The average Bonchev–Trinajstić information content (AvgIpc) is 3.23. The zero-order valence-corrected chi connectivity index (χ0v) is 18.3. The largest absolute Gasteiger partial charge is 0.493 e. The molecule has 3 aliphatic rings. The highest BCUT2D eigenvalue weighted by molar-refractivity contribution is 7.15. The van der Waals surface area contributed by atoms with Gasteiger partial charge in [0.2, 0.25) is 0 Å². The molecule has 1 aromatic carbocycles. The zero-order chi connectivity index (χ0) is 20.5. The quantitative estimate of drug-likeness (QED) is 0.816. The van der Waals surface area contributed by atoms with E-state index < -0.39 is 0 Å². The van der Waals surface area contributed by atoms with E-state index in [4.69, 9.17) is 9.72 Å². The summed E-state index contributed by atoms with van der Waals surface area (Å²) in [6, 6.07) is 8.00. The summed E-state index contributed by atoms with van der Waals surface area (Å²) in [6.45, 7) is 9.61. The maximum absolute atomic E-state index is 13.0. The number of anilines is 1. The van der Waals surface area contributed by atoms with Gasteiger partial charge in [-0.25, -0.2) is 9.78 Å². The van der Waals surface area contributed by atoms with Crippen LogP contribution in [0.15, 0.2) is 24.3 Å². The number of carbonyl (C=O) groups excluding carboxylic acids is 1. The molecule has 1 fully saturated rings. The van der Waals surface area contributed by atoms with Crippen molar-refractivity contribution in [3.63, 3.8) is 0 Å². The molecule has 4 heterocycles. The van der Waals surface area contributed by atoms with Crippen LogP contribution in [0.5, 0.6) is 5.75 Å². The predicted molar refractivity (Wildman–Crippen MR) is 118 cm³/mol. The molecule has 30 heavy (non-hydrogen) atoms. The lowest BCUT2D eigenvalue weighted by atomic mass is 10.0. The molecule has 0 spiro atoms. The fourth-order valence-electron chi connectivity index (χ4n) is 4.48. The van der Waals surface area contributed by atoms with Crippen LogP contribution in [0, 0.1) is 0 Å². The summed E-state index contributed by atoms with van der Waals surface area (Å²) in [5.74, 6) is 0.880. The molecule has 1 N–H and O–H groups in total. The molecule has 3 aliphatic heterocycles. The number of thiazole rings is 1. The second kappa shape index (κ2) is 8.43. The van der Waals surface area contributed by atoms with E-state index >= 15 is 0 Å². The van der Waals surface area contributed by atoms with E-state index in [-0.39, 0.29) is 12.1 Å². The number of carbonyl (C=O) groups is 1. The lowest BCUT2D eigenvalue weighted by molar-refractivity contribution is 0.181. The minimum atomic E-state index is 0.00821. The Bertz CT molecular complexity index is 909. The fourth-order valence-corrected chi connectivity index (χ4v) is 5.65. The lowest BCUT2D eigenvalue weighted by Crippen LogP contribution is -2.46. The Hall–Kier alpha value is -2.32. The fraction of sp³-hybridized carbons (Fsp3) is 0.545. The van der Waals surface area contributed by atoms with Crippen LogP contribution >= 0.6 is 11.3 Å². The first kappa shape index (κ1) is 19.6. The molecule has 1 saturated heterocycles. The number of aromatic nitrogens is 1. The molecule has 8 heteroatoms. The SMILES string of the molecule is CCN1CCN(c2nc3c(s2)CN(C(=O)NC2CCOc4ccccc42)CC3)CC1. The number of amides is 2. The third-order valence-corrected chi connectivity index (χ3v) is 7.50. The molecule has 1 atom stereocenters. The van der Waals surface area contributed by atoms with Crippen molar-refractivity contribution in [3.8, 4) is 5.75 Å². The van der Waals surface area contributed by atoms with Gasteiger partial charge >= 0.3 is 6.03 Å². The van der Waals surface area contributed by atoms with Gasteiger partial charge in [0.25, 0.3) is 0 Å². The second-order valence-corrected chi connectivity index (χ2v) is 9.20. The number of benzene rings is 1. The summed E-state index contributed by atoms with van der Waals surface area (Å²) in [5, 5.41) is 4.35. The van der Waals surface area contributed by atoms with Gasteiger partial charge in [0.1, 0.15) is 5.75 Å². The number of para-hydroxylation sites is 1. The maximum Gasteiger partial charge on any atom is 0.318 e. The third kappa shape index (κ3) is 3.86. The summed E-state index contributed by atoms with van der Waals surface area (Å²) in [5.41, 5.74) is 2.24. The predicted octanol–water partition coefficient (Wildman–Crippen LogP) is 2.88. The van der Waals surface area contributed by atoms with Gasteiger partial charge in [0, 0.05) is 56.0 Å². The number of urea groups is 1. The number of nitrogens with one attached hydrogen (secondary N) is 1. The van der Waals surface area contributed by atoms with Crippen LogP contribution in [0.4, 0.5) is 9.93 Å². The Morgan fingerprint density at radius 3 is 2.90 bits per heavy atom. The highest BCUT2D eigenvalue weighted by atomic mass is 32.1. The lowest BCUT2D eigenvalue weighted by Gasteiger charge is -2.33. The first-order valence-corrected chi connectivity index (χ1v) is 11.8. The average molecular weight is 428 g/mol. The van der Waals surface area contributed by atoms with E-state index in [0.29, 0.717) is 13.2 Å². The molecular weight excluding hydrogens is 398 g/mol. The molecule has 1 aromatic heterocycles. The van der Waals surface area contributed by atoms with Crippen LogP contribution < -0.4 is 15.0 Å². The number of likely N-dealkylation sites (N-methyl/N-ethyl adjacent to an activating group) is 1. The number of fused-ring (bicyclic) bond motifs is 2. The summed E-state index contributed by atoms with van der Waals surface area (Å²) >= 11 is 1.76. The minimum absolute atomic E-state index is 0.00821. The van der Waals surface area contributed by atoms with Crippen molar-refractivity contribution in [1.29, 1.82) is 0 Å². The number of rotatable bonds is 3. The van der Waals surface area contributed by atoms with Crippen LogP contribution in [0.25, 0.3) is 0 Å². The molecule has 0 aliphatic carbocycles. The first-order valence-electron chi connectivity index (χ1n) is 10.9. The summed E-state index contributed by atoms with van der Waals surface area (Å²) in [6.07, 6.45) is 1.63. The number of hydrogen-bond acceptors (Lipinski definition) is 6. The van der Waals surface area contributed by atoms with Crippen LogP contribution in [0.1, 0.15) is 35.5 Å². The van der Waals surface area contributed by atoms with Gasteiger partial charge in [0.05, 0.1) is 24.9 Å². The molecule has 0 radical (unpaired) electrons. The maximum atomic E-state index is 13.0. The van der Waals surface area contributed by atoms with Crippen molar-refractivity contribution in [2.75, 3.05) is 50.8 Å². The molecule has 5 rings (SSSR count). The minimum Gasteiger partial charge on any atom is -0.493 e. The monoisotopic (exact) mass is 427 g/mol. The Morgan fingerprint density at radius 2 is 2.07 bits per heavy atom. The molecule has 0 bridgehead atoms. The molecule has 160 valence electrons. The van der Waals surface area contributed by atoms with Crippen LogP contribution in [-0.2, 0) is 13.0 Å². The Labute approximate surface area is 181 Å². The van der Waals surface area contributed by atoms with Crippen molar-refractivity contribution in [2.24, 2.45) is 0 Å². The van der Waals surface area contributed by atoms with E-state index in [1.54, 1.807) is 11.3 Å². The van der Waals surface area contributed by atoms with E-state index in [0.717, 1.165) is 68.6 Å². The molecule has 2 amide bonds. The highest BCUT2D eigenvalue weighted by Gasteiger charge is 2.29. The van der Waals surface area contributed by atoms with Crippen molar-refractivity contribution in [1.82, 2.24) is 20.1 Å². The number of ether oxygens (including phenoxy) is 1. The van der Waals surface area contributed by atoms with Gasteiger partial charge in [-0.05, 0) is 12.6 Å². The zero-order valence-electron chi connectivity index (χ0n) is 17.5. The van der Waals surface area contributed by atoms with Gasteiger partial charge in [-0.15, -0.1) is 0 Å². The molecule has 2 aromatic rings. The molecule has 0 saturated carbocycles. The second-order valence-electron chi connectivity index (χ2n) is 8.14. The Balaban J connectivity index is 1.23. The van der Waals surface area contributed by atoms with Crippen molar-refractivity contribution in [2.45, 2.75) is 32.4 Å². The number of hydrogen-bond donors (Lipinski definition) is 1. The van der Waals surface area contributed by atoms with Gasteiger partial charge in [-0.2, -0.15) is 0 Å². The number of piperazine rings is 1. The summed E-state index contributed by atoms with van der Waals surface area (Å²) in [4.78, 5) is 26.0. The third-order valence-electron chi connectivity index (χ3n) is 6.35. The smallest absolute Gasteiger partial charge is 0.318 e. The summed E-state index contributed by atoms with van der Waals surface area (Å²) < 4.78 is 5.72. The van der Waals surface area contributed by atoms with E-state index in [2.05, 4.69) is 22.0 Å². The first-order chi connectivity index (χ1) is 14.7. The molecule has 7 nitrogen and oxygen atoms in total. The molecular formula is C22H29N5O2S. The number of nitrogens with zero attached hydrogens (tertiary/aromatic N) is 4. The van der Waals surface area contributed by atoms with Crippen molar-refractivity contribution < 1.29 is 9.53 Å². The van der Waals surface area contributed by atoms with Crippen LogP contribution in [0.3, 0.4) is 0 Å². The molecule has 1 unspecified atom stereocenters. The van der Waals surface area contributed by atoms with Gasteiger partial charge in [-0.1, -0.05) is 36.5 Å². The van der Waals surface area contributed by atoms with Gasteiger partial charge < -0.3 is 24.8 Å². The van der Waals surface area contributed by atoms with Crippen molar-refractivity contribution >= 4 is 22.5 Å². The van der Waals surface area contributed by atoms with E-state index in [1.165, 1.54) is 10.6 Å². The Kier molecular flexibility index (Phi) is 5.52. The van der Waals surface area contributed by atoms with Crippen LogP contribution in [0.2, 0.25) is 0 Å². The van der Waals surface area contributed by atoms with Gasteiger partial charge in [0.15, 0.2) is 5.13 Å². The Morgan fingerprint density at radius 1 is 1.23 bits per heavy atom. The van der Waals surface area contributed by atoms with Crippen LogP contribution in [-0.4, -0.2) is 66.7 Å². The van der Waals surface area contributed by atoms with Gasteiger partial charge in [-0.3, -0.25) is 0 Å². The van der Waals surface area contributed by atoms with Crippen molar-refractivity contribution in [3.05, 3.63) is 40.4 Å². The highest BCUT2D eigenvalue weighted by Crippen LogP contribution is 2.33. The summed E-state index contributed by atoms with van der Waals surface area (Å²) in [7, 11) is 0. The normalized spacial score (nSPS) is 21.6. The van der Waals surface area contributed by atoms with E-state index in [1.807, 2.05) is 29.2 Å². The van der Waals surface area contributed by atoms with E-state index in [9.17, 15) is 4.79 Å². The standard InChI is InChI=1S/C22H29N5O2S/c1-2-25-10-12-26(13-11-25)22-24-18-7-9-27(15-20(18)30-22)21(28)23-17-8-14-29-19-6-4-3-5-16(17)19/h3-6,17H,2,7-15H2,1H3,(H,23,28).